The van der Waals surface area contributed by atoms with Gasteiger partial charge in [-0.1, -0.05) is 272 Å². The Labute approximate surface area is 792 Å². The van der Waals surface area contributed by atoms with Crippen molar-refractivity contribution >= 4 is 43.1 Å². The van der Waals surface area contributed by atoms with E-state index in [0.717, 1.165) is 120 Å². The topological polar surface area (TPSA) is 15.5 Å². The Bertz CT molecular complexity index is 7880. The minimum Gasteiger partial charge on any atom is -0.201 e. The molecule has 0 spiro atoms. The second kappa shape index (κ2) is 34.3. The van der Waals surface area contributed by atoms with Crippen molar-refractivity contribution in [2.45, 2.75) is 231 Å². The van der Waals surface area contributed by atoms with Gasteiger partial charge in [0.2, 0.25) is 22.8 Å². The van der Waals surface area contributed by atoms with E-state index in [9.17, 15) is 0 Å². The van der Waals surface area contributed by atoms with Crippen molar-refractivity contribution in [3.8, 4) is 89.5 Å². The first kappa shape index (κ1) is 71.2. The lowest BCUT2D eigenvalue weighted by molar-refractivity contribution is -0.661. The predicted octanol–water partition coefficient (Wildman–Crippen LogP) is 30.0. The van der Waals surface area contributed by atoms with Crippen LogP contribution in [0.1, 0.15) is 247 Å². The number of rotatable bonds is 8. The van der Waals surface area contributed by atoms with Crippen molar-refractivity contribution in [2.24, 2.45) is 39.0 Å². The minimum absolute atomic E-state index is 0.0190. The van der Waals surface area contributed by atoms with Gasteiger partial charge in [0.15, 0.2) is 24.8 Å². The Kier molecular flexibility index (Phi) is 18.9. The van der Waals surface area contributed by atoms with Crippen molar-refractivity contribution in [1.29, 1.82) is 0 Å². The molecule has 12 aromatic carbocycles. The van der Waals surface area contributed by atoms with Crippen LogP contribution in [0.3, 0.4) is 0 Å². The molecule has 0 amide bonds. The number of hydrogen-bond acceptors (Lipinski definition) is 0. The van der Waals surface area contributed by atoms with E-state index >= 15 is 0 Å². The van der Waals surface area contributed by atoms with Crippen molar-refractivity contribution in [2.75, 3.05) is 0 Å². The van der Waals surface area contributed by atoms with Gasteiger partial charge in [-0.25, -0.2) is 18.3 Å². The monoisotopic (exact) mass is 1710 g/mol. The van der Waals surface area contributed by atoms with Gasteiger partial charge < -0.3 is 0 Å². The van der Waals surface area contributed by atoms with E-state index in [1.165, 1.54) is 149 Å². The molecule has 652 valence electrons. The molecule has 21 rings (SSSR count). The lowest BCUT2D eigenvalue weighted by Crippen LogP contribution is -2.43. The van der Waals surface area contributed by atoms with Crippen molar-refractivity contribution in [3.63, 3.8) is 0 Å². The zero-order valence-corrected chi connectivity index (χ0v) is 79.5. The summed E-state index contributed by atoms with van der Waals surface area (Å²) in [6, 6.07) is 80.5. The number of nitrogens with zero attached hydrogens (tertiary/aromatic N) is 4. The summed E-state index contributed by atoms with van der Waals surface area (Å²) < 4.78 is 135. The fraction of sp³-hybridized carbons (Fsp3) is 0.328. The largest absolute Gasteiger partial charge is 0.213 e. The summed E-state index contributed by atoms with van der Waals surface area (Å²) in [5, 5.41) is 10.1. The highest BCUT2D eigenvalue weighted by molar-refractivity contribution is 6.02. The number of hydrogen-bond donors (Lipinski definition) is 0. The number of aryl methyl sites for hydroxylation is 14. The summed E-state index contributed by atoms with van der Waals surface area (Å²) in [7, 11) is 7.78. The Morgan fingerprint density at radius 2 is 0.806 bits per heavy atom. The second-order valence-electron chi connectivity index (χ2n) is 40.8. The molecule has 0 saturated heterocycles. The number of benzene rings is 12. The number of aromatic nitrogens is 4. The number of pyridine rings is 4. The van der Waals surface area contributed by atoms with E-state index in [1.54, 1.807) is 44.6 Å². The molecular formula is C125H136N4+4. The van der Waals surface area contributed by atoms with Crippen molar-refractivity contribution in [1.82, 2.24) is 0 Å². The van der Waals surface area contributed by atoms with Crippen LogP contribution >= 0.6 is 0 Å². The molecule has 4 nitrogen and oxygen atoms in total. The van der Waals surface area contributed by atoms with E-state index in [0.29, 0.717) is 5.56 Å². The van der Waals surface area contributed by atoms with Crippen LogP contribution < -0.4 is 18.3 Å². The molecule has 0 unspecified atom stereocenters. The van der Waals surface area contributed by atoms with E-state index in [1.807, 2.05) is 82.5 Å². The molecule has 1 fully saturated rings. The molecule has 5 aliphatic carbocycles. The Morgan fingerprint density at radius 3 is 1.31 bits per heavy atom. The highest BCUT2D eigenvalue weighted by Gasteiger charge is 2.47. The fourth-order valence-electron chi connectivity index (χ4n) is 21.8. The maximum absolute atomic E-state index is 9.12. The summed E-state index contributed by atoms with van der Waals surface area (Å²) in [5.41, 5.74) is 35.0. The first-order valence-electron chi connectivity index (χ1n) is 54.2. The van der Waals surface area contributed by atoms with Gasteiger partial charge in [0.05, 0.1) is 16.7 Å². The van der Waals surface area contributed by atoms with Crippen LogP contribution in [0.25, 0.3) is 133 Å². The molecule has 0 N–H and O–H groups in total. The molecule has 129 heavy (non-hydrogen) atoms. The summed E-state index contributed by atoms with van der Waals surface area (Å²) >= 11 is 0. The average Bonchev–Trinajstić information content (AvgIpc) is 0.753. The average molecular weight is 1710 g/mol. The molecule has 4 heteroatoms. The SMILES string of the molecule is [2H]C([2H])([2H])c1c[n+](C)c(-c2c(C)ccc3c2CCc2cc4ccccc4cc2-3)cc1C([2H])(C)C.[2H]C([2H])([2H])c1c[n+](C)c(-c2c(C)ccc3c2CCc2cc4ccccc4cc2-3)cc1C([2H])([2H])C(C)(C)C.[2H]C([2H])([2H])c1c[n+](C)c(-c2c(C)ccc3c2CCc2ccc4ccccc4c2-3)cc1C([2H])([2H])C(C)(C)C.[2H]C1(c2cc[n+](C)c(-c3cc4c(cc3C)C(C)(C)C(C)(C)c3c-4ccc4ccccc34)c2)CCCC1. The molecule has 4 aromatic heterocycles. The zero-order valence-electron chi connectivity index (χ0n) is 94.5. The van der Waals surface area contributed by atoms with E-state index in [4.69, 9.17) is 20.6 Å². The normalized spacial score (nSPS) is 17.1. The van der Waals surface area contributed by atoms with Gasteiger partial charge in [-0.2, -0.15) is 0 Å². The molecule has 0 atom stereocenters. The van der Waals surface area contributed by atoms with Gasteiger partial charge >= 0.3 is 0 Å². The van der Waals surface area contributed by atoms with Gasteiger partial charge in [0, 0.05) is 78.6 Å². The number of fused-ring (bicyclic) bond motifs is 18. The van der Waals surface area contributed by atoms with Crippen molar-refractivity contribution < 1.29 is 38.8 Å². The lowest BCUT2D eigenvalue weighted by Gasteiger charge is -2.49. The van der Waals surface area contributed by atoms with Gasteiger partial charge in [-0.3, -0.25) is 0 Å². The van der Waals surface area contributed by atoms with Crippen LogP contribution in [0.2, 0.25) is 0 Å². The van der Waals surface area contributed by atoms with Crippen LogP contribution in [0.15, 0.2) is 249 Å². The van der Waals surface area contributed by atoms with E-state index in [2.05, 4.69) is 279 Å². The molecule has 4 heterocycles. The summed E-state index contributed by atoms with van der Waals surface area (Å²) in [6.07, 6.45) is 13.2. The molecule has 1 saturated carbocycles. The van der Waals surface area contributed by atoms with E-state index < -0.39 is 55.9 Å². The zero-order chi connectivity index (χ0) is 104. The van der Waals surface area contributed by atoms with Gasteiger partial charge in [-0.05, 0) is 335 Å². The van der Waals surface area contributed by atoms with Gasteiger partial charge in [0.1, 0.15) is 28.2 Å². The molecular weight excluding hydrogens is 1560 g/mol. The Hall–Kier alpha value is -11.7. The van der Waals surface area contributed by atoms with Gasteiger partial charge in [0.25, 0.3) is 0 Å². The van der Waals surface area contributed by atoms with Crippen LogP contribution in [-0.4, -0.2) is 0 Å². The summed E-state index contributed by atoms with van der Waals surface area (Å²) in [6.45, 7) is 25.5. The van der Waals surface area contributed by atoms with E-state index in [-0.39, 0.29) is 38.6 Å². The van der Waals surface area contributed by atoms with Crippen LogP contribution in [0, 0.1) is 59.1 Å². The first-order valence-corrected chi connectivity index (χ1v) is 46.7. The molecule has 0 aliphatic heterocycles. The van der Waals surface area contributed by atoms with Crippen LogP contribution in [0.5, 0.6) is 0 Å². The van der Waals surface area contributed by atoms with Gasteiger partial charge in [-0.15, -0.1) is 0 Å². The van der Waals surface area contributed by atoms with Crippen LogP contribution in [-0.2, 0) is 90.3 Å². The second-order valence-corrected chi connectivity index (χ2v) is 40.8. The minimum atomic E-state index is -2.42. The third kappa shape index (κ3) is 16.5. The quantitative estimate of drug-likeness (QED) is 0.135. The van der Waals surface area contributed by atoms with Crippen LogP contribution in [0.4, 0.5) is 0 Å². The third-order valence-corrected chi connectivity index (χ3v) is 28.9. The molecule has 16 aromatic rings. The standard InChI is InChI=1S/C34H38N.2C31H34N.C29H30N/c1-22-19-30-29(21-28(22)31-20-25(17-18-35(31)6)23-11-7-8-12-23)27-16-15-24-13-9-10-14-26(24)32(27)34(4,5)33(30,2)3;1-20-11-15-27-26(16-14-23-13-12-22-9-7-8-10-25(22)30(23)27)29(20)28-17-24(18-31(3,4)5)21(2)19-32(28)6;1-20-11-13-26-27(14-12-24-15-22-9-7-8-10-23(22)16-28(24)26)30(20)29-17-25(18-31(3,4)5)21(2)19-32(29)6;1-18(2)26-16-28(30(5)17-20(26)4)29-19(3)10-12-24-25(29)13-11-23-14-21-8-6-7-9-22(21)15-27(23)24/h9-10,13-21,23H,7-8,11-12H2,1-6H3;7-13,15,17,19H,14,16,18H2,1-6H3;7-11,13,15-17,19H,12,14,18H2,1-6H3;6-10,12,14-18H,11,13H2,1-5H3/q4*+1/i23D;2*2D3,18D2;4D3,18D. The molecule has 0 bridgehead atoms. The summed E-state index contributed by atoms with van der Waals surface area (Å²) in [4.78, 5) is 0. The maximum Gasteiger partial charge on any atom is 0.213 e. The predicted molar refractivity (Wildman–Crippen MR) is 547 cm³/mol. The molecule has 5 aliphatic rings. The molecule has 0 radical (unpaired) electrons. The fourth-order valence-corrected chi connectivity index (χ4v) is 21.8. The highest BCUT2D eigenvalue weighted by atomic mass is 14.9. The van der Waals surface area contributed by atoms with Crippen molar-refractivity contribution in [3.05, 3.63) is 355 Å². The summed E-state index contributed by atoms with van der Waals surface area (Å²) in [5.74, 6) is -1.47. The first-order chi connectivity index (χ1) is 67.4. The maximum atomic E-state index is 9.12. The highest BCUT2D eigenvalue weighted by Crippen LogP contribution is 2.57. The Morgan fingerprint density at radius 1 is 0.372 bits per heavy atom. The Balaban J connectivity index is 0.000000126. The third-order valence-electron chi connectivity index (χ3n) is 28.9. The smallest absolute Gasteiger partial charge is 0.201 e. The lowest BCUT2D eigenvalue weighted by atomic mass is 9.54.